The zero-order valence-corrected chi connectivity index (χ0v) is 15.3. The average molecular weight is 356 g/mol. The first-order chi connectivity index (χ1) is 13.3. The van der Waals surface area contributed by atoms with E-state index in [9.17, 15) is 0 Å². The number of hydrogen-bond donors (Lipinski definition) is 1. The van der Waals surface area contributed by atoms with Gasteiger partial charge in [-0.15, -0.1) is 0 Å². The first kappa shape index (κ1) is 17.7. The maximum Gasteiger partial charge on any atom is 0.0991 e. The van der Waals surface area contributed by atoms with Gasteiger partial charge in [-0.3, -0.25) is 0 Å². The number of ether oxygens (including phenoxy) is 1. The van der Waals surface area contributed by atoms with Crippen molar-refractivity contribution in [1.29, 1.82) is 5.26 Å². The van der Waals surface area contributed by atoms with Crippen LogP contribution in [0.3, 0.4) is 0 Å². The first-order valence-electron chi connectivity index (χ1n) is 9.58. The maximum absolute atomic E-state index is 8.86. The summed E-state index contributed by atoms with van der Waals surface area (Å²) in [7, 11) is 0. The molecule has 0 spiro atoms. The second-order valence-corrected chi connectivity index (χ2v) is 7.27. The van der Waals surface area contributed by atoms with Gasteiger partial charge in [-0.1, -0.05) is 60.7 Å². The van der Waals surface area contributed by atoms with E-state index in [1.54, 1.807) is 0 Å². The van der Waals surface area contributed by atoms with Gasteiger partial charge in [-0.2, -0.15) is 5.26 Å². The molecule has 3 atom stereocenters. The molecule has 1 N–H and O–H groups in total. The van der Waals surface area contributed by atoms with Gasteiger partial charge < -0.3 is 10.1 Å². The second kappa shape index (κ2) is 8.35. The lowest BCUT2D eigenvalue weighted by molar-refractivity contribution is 0.0729. The Morgan fingerprint density at radius 3 is 2.56 bits per heavy atom. The van der Waals surface area contributed by atoms with Crippen molar-refractivity contribution in [1.82, 2.24) is 5.32 Å². The summed E-state index contributed by atoms with van der Waals surface area (Å²) in [6, 6.07) is 20.8. The molecule has 2 aromatic carbocycles. The van der Waals surface area contributed by atoms with Crippen molar-refractivity contribution in [2.75, 3.05) is 0 Å². The van der Waals surface area contributed by atoms with Crippen LogP contribution >= 0.6 is 0 Å². The van der Waals surface area contributed by atoms with Crippen LogP contribution < -0.4 is 5.32 Å². The summed E-state index contributed by atoms with van der Waals surface area (Å²) >= 11 is 0. The molecule has 2 aliphatic carbocycles. The number of nitrogens with one attached hydrogen (secondary N) is 1. The molecule has 3 nitrogen and oxygen atoms in total. The lowest BCUT2D eigenvalue weighted by atomic mass is 10.0. The highest BCUT2D eigenvalue weighted by molar-refractivity contribution is 5.34. The molecule has 0 amide bonds. The largest absolute Gasteiger partial charge is 0.369 e. The Morgan fingerprint density at radius 1 is 1.04 bits per heavy atom. The highest BCUT2D eigenvalue weighted by Gasteiger charge is 2.38. The summed E-state index contributed by atoms with van der Waals surface area (Å²) in [5.41, 5.74) is 4.59. The van der Waals surface area contributed by atoms with Crippen LogP contribution in [-0.2, 0) is 17.9 Å². The molecule has 27 heavy (non-hydrogen) atoms. The minimum Gasteiger partial charge on any atom is -0.369 e. The minimum atomic E-state index is 0.178. The zero-order valence-electron chi connectivity index (χ0n) is 15.3. The van der Waals surface area contributed by atoms with E-state index >= 15 is 0 Å². The lowest BCUT2D eigenvalue weighted by Crippen LogP contribution is -2.18. The smallest absolute Gasteiger partial charge is 0.0991 e. The highest BCUT2D eigenvalue weighted by atomic mass is 16.5. The highest BCUT2D eigenvalue weighted by Crippen LogP contribution is 2.39. The predicted molar refractivity (Wildman–Crippen MR) is 107 cm³/mol. The summed E-state index contributed by atoms with van der Waals surface area (Å²) < 4.78 is 6.00. The number of nitriles is 1. The molecule has 4 rings (SSSR count). The molecule has 2 aliphatic rings. The SMILES string of the molecule is N#Cc1ccc(CNC2CC2C2=CCC(OCc3ccccc3)C=C2)cc1. The van der Waals surface area contributed by atoms with E-state index in [4.69, 9.17) is 10.00 Å². The third-order valence-electron chi connectivity index (χ3n) is 5.27. The van der Waals surface area contributed by atoms with Crippen molar-refractivity contribution in [2.24, 2.45) is 5.92 Å². The molecule has 0 aliphatic heterocycles. The van der Waals surface area contributed by atoms with Gasteiger partial charge in [0.2, 0.25) is 0 Å². The number of allylic oxidation sites excluding steroid dienone is 1. The number of hydrogen-bond acceptors (Lipinski definition) is 3. The summed E-state index contributed by atoms with van der Waals surface area (Å²) in [6.45, 7) is 1.52. The molecule has 0 bridgehead atoms. The lowest BCUT2D eigenvalue weighted by Gasteiger charge is -2.17. The normalized spacial score (nSPS) is 23.5. The number of rotatable bonds is 7. The van der Waals surface area contributed by atoms with E-state index in [0.29, 0.717) is 24.1 Å². The summed E-state index contributed by atoms with van der Waals surface area (Å²) in [6.07, 6.45) is 9.11. The summed E-state index contributed by atoms with van der Waals surface area (Å²) in [4.78, 5) is 0. The van der Waals surface area contributed by atoms with E-state index in [0.717, 1.165) is 13.0 Å². The maximum atomic E-state index is 8.86. The van der Waals surface area contributed by atoms with Crippen LogP contribution in [0, 0.1) is 17.2 Å². The van der Waals surface area contributed by atoms with Crippen molar-refractivity contribution >= 4 is 0 Å². The Balaban J connectivity index is 1.20. The van der Waals surface area contributed by atoms with Gasteiger partial charge in [0, 0.05) is 18.5 Å². The Labute approximate surface area is 161 Å². The Hall–Kier alpha value is -2.67. The molecular formula is C24H24N2O. The van der Waals surface area contributed by atoms with Crippen LogP contribution in [0.15, 0.2) is 78.4 Å². The average Bonchev–Trinajstić information content (AvgIpc) is 3.52. The van der Waals surface area contributed by atoms with Crippen molar-refractivity contribution in [3.63, 3.8) is 0 Å². The van der Waals surface area contributed by atoms with Crippen molar-refractivity contribution in [3.8, 4) is 6.07 Å². The molecule has 3 unspecified atom stereocenters. The third-order valence-corrected chi connectivity index (χ3v) is 5.27. The van der Waals surface area contributed by atoms with E-state index in [2.05, 4.69) is 41.7 Å². The Bertz CT molecular complexity index is 862. The molecule has 1 fully saturated rings. The Kier molecular flexibility index (Phi) is 5.48. The van der Waals surface area contributed by atoms with Crippen LogP contribution in [0.25, 0.3) is 0 Å². The van der Waals surface area contributed by atoms with Crippen LogP contribution in [0.4, 0.5) is 0 Å². The van der Waals surface area contributed by atoms with Crippen LogP contribution in [0.5, 0.6) is 0 Å². The minimum absolute atomic E-state index is 0.178. The van der Waals surface area contributed by atoms with Gasteiger partial charge in [0.1, 0.15) is 0 Å². The monoisotopic (exact) mass is 356 g/mol. The molecule has 136 valence electrons. The molecule has 0 heterocycles. The van der Waals surface area contributed by atoms with E-state index in [1.165, 1.54) is 23.1 Å². The number of benzene rings is 2. The molecule has 3 heteroatoms. The first-order valence-corrected chi connectivity index (χ1v) is 9.58. The fourth-order valence-electron chi connectivity index (χ4n) is 3.53. The molecule has 0 radical (unpaired) electrons. The van der Waals surface area contributed by atoms with E-state index in [1.807, 2.05) is 42.5 Å². The van der Waals surface area contributed by atoms with E-state index < -0.39 is 0 Å². The van der Waals surface area contributed by atoms with Gasteiger partial charge >= 0.3 is 0 Å². The predicted octanol–water partition coefficient (Wildman–Crippen LogP) is 4.51. The third kappa shape index (κ3) is 4.74. The van der Waals surface area contributed by atoms with Gasteiger partial charge in [0.05, 0.1) is 24.3 Å². The molecular weight excluding hydrogens is 332 g/mol. The van der Waals surface area contributed by atoms with Gasteiger partial charge in [0.25, 0.3) is 0 Å². The van der Waals surface area contributed by atoms with Crippen LogP contribution in [0.1, 0.15) is 29.5 Å². The molecule has 1 saturated carbocycles. The van der Waals surface area contributed by atoms with Crippen LogP contribution in [0.2, 0.25) is 0 Å². The second-order valence-electron chi connectivity index (χ2n) is 7.27. The molecule has 0 saturated heterocycles. The van der Waals surface area contributed by atoms with Gasteiger partial charge in [0.15, 0.2) is 0 Å². The van der Waals surface area contributed by atoms with Gasteiger partial charge in [-0.25, -0.2) is 0 Å². The topological polar surface area (TPSA) is 45.0 Å². The summed E-state index contributed by atoms with van der Waals surface area (Å²) in [5.74, 6) is 0.620. The van der Waals surface area contributed by atoms with Crippen molar-refractivity contribution in [3.05, 3.63) is 95.1 Å². The van der Waals surface area contributed by atoms with E-state index in [-0.39, 0.29) is 6.10 Å². The fraction of sp³-hybridized carbons (Fsp3) is 0.292. The summed E-state index contributed by atoms with van der Waals surface area (Å²) in [5, 5.41) is 12.5. The van der Waals surface area contributed by atoms with Gasteiger partial charge in [-0.05, 0) is 41.7 Å². The van der Waals surface area contributed by atoms with Crippen molar-refractivity contribution in [2.45, 2.75) is 38.1 Å². The zero-order chi connectivity index (χ0) is 18.5. The Morgan fingerprint density at radius 2 is 1.85 bits per heavy atom. The quantitative estimate of drug-likeness (QED) is 0.794. The fourth-order valence-corrected chi connectivity index (χ4v) is 3.53. The van der Waals surface area contributed by atoms with Crippen LogP contribution in [-0.4, -0.2) is 12.1 Å². The number of nitrogens with zero attached hydrogens (tertiary/aromatic N) is 1. The standard InChI is InChI=1S/C24H24N2O/c25-15-18-6-8-19(9-7-18)16-26-24-14-23(24)21-10-12-22(13-11-21)27-17-20-4-2-1-3-5-20/h1-12,22-24,26H,13-14,16-17H2. The van der Waals surface area contributed by atoms with Crippen molar-refractivity contribution < 1.29 is 4.74 Å². The molecule has 0 aromatic heterocycles. The molecule has 2 aromatic rings.